The summed E-state index contributed by atoms with van der Waals surface area (Å²) in [5, 5.41) is 1.90. The number of hydrogen-bond donors (Lipinski definition) is 0. The Morgan fingerprint density at radius 2 is 1.95 bits per heavy atom. The molecule has 20 heavy (non-hydrogen) atoms. The third-order valence-corrected chi connectivity index (χ3v) is 4.08. The Bertz CT molecular complexity index is 981. The zero-order valence-electron chi connectivity index (χ0n) is 10.6. The van der Waals surface area contributed by atoms with Gasteiger partial charge in [-0.1, -0.05) is 30.3 Å². The molecule has 0 fully saturated rings. The maximum absolute atomic E-state index is 12.2. The summed E-state index contributed by atoms with van der Waals surface area (Å²) in [6, 6.07) is 9.83. The van der Waals surface area contributed by atoms with Crippen molar-refractivity contribution in [2.45, 2.75) is 0 Å². The van der Waals surface area contributed by atoms with Crippen molar-refractivity contribution in [2.24, 2.45) is 7.05 Å². The predicted octanol–water partition coefficient (Wildman–Crippen LogP) is 2.31. The van der Waals surface area contributed by atoms with Crippen LogP contribution in [0.1, 0.15) is 0 Å². The van der Waals surface area contributed by atoms with Gasteiger partial charge in [0.25, 0.3) is 5.56 Å². The Kier molecular flexibility index (Phi) is 2.28. The lowest BCUT2D eigenvalue weighted by molar-refractivity contribution is 0.950. The van der Waals surface area contributed by atoms with E-state index in [9.17, 15) is 4.79 Å². The fourth-order valence-electron chi connectivity index (χ4n) is 2.39. The molecule has 4 rings (SSSR count). The first-order valence-corrected chi connectivity index (χ1v) is 7.01. The van der Waals surface area contributed by atoms with Crippen LogP contribution < -0.4 is 5.56 Å². The van der Waals surface area contributed by atoms with Crippen LogP contribution in [-0.4, -0.2) is 18.9 Å². The number of fused-ring (bicyclic) bond motifs is 3. The fraction of sp³-hybridized carbons (Fsp3) is 0.0714. The molecule has 0 aliphatic carbocycles. The van der Waals surface area contributed by atoms with Gasteiger partial charge in [0.05, 0.1) is 0 Å². The Labute approximate surface area is 117 Å². The standard InChI is InChI=1S/C14H10N4OS/c1-17-10-12(15-11(17)9-5-3-2-4-6-9)18-7-8-20-14(18)16-13(10)19/h2-8H,1H3. The normalized spacial score (nSPS) is 11.4. The van der Waals surface area contributed by atoms with Crippen molar-refractivity contribution in [1.82, 2.24) is 18.9 Å². The van der Waals surface area contributed by atoms with E-state index in [2.05, 4.69) is 9.97 Å². The van der Waals surface area contributed by atoms with Gasteiger partial charge in [0, 0.05) is 24.2 Å². The maximum Gasteiger partial charge on any atom is 0.300 e. The van der Waals surface area contributed by atoms with Gasteiger partial charge in [-0.3, -0.25) is 9.20 Å². The van der Waals surface area contributed by atoms with Crippen LogP contribution >= 0.6 is 11.3 Å². The highest BCUT2D eigenvalue weighted by molar-refractivity contribution is 7.15. The number of nitrogens with zero attached hydrogens (tertiary/aromatic N) is 4. The van der Waals surface area contributed by atoms with Gasteiger partial charge in [-0.15, -0.1) is 11.3 Å². The van der Waals surface area contributed by atoms with Crippen molar-refractivity contribution in [1.29, 1.82) is 0 Å². The molecule has 0 radical (unpaired) electrons. The number of imidazole rings is 1. The van der Waals surface area contributed by atoms with E-state index in [4.69, 9.17) is 0 Å². The number of rotatable bonds is 1. The van der Waals surface area contributed by atoms with Gasteiger partial charge in [-0.05, 0) is 0 Å². The predicted molar refractivity (Wildman–Crippen MR) is 79.0 cm³/mol. The molecule has 0 spiro atoms. The van der Waals surface area contributed by atoms with Crippen molar-refractivity contribution in [3.8, 4) is 11.4 Å². The van der Waals surface area contributed by atoms with Gasteiger partial charge < -0.3 is 4.57 Å². The first-order chi connectivity index (χ1) is 9.75. The van der Waals surface area contributed by atoms with E-state index in [0.717, 1.165) is 11.4 Å². The van der Waals surface area contributed by atoms with Crippen molar-refractivity contribution < 1.29 is 0 Å². The lowest BCUT2D eigenvalue weighted by atomic mass is 10.2. The summed E-state index contributed by atoms with van der Waals surface area (Å²) < 4.78 is 3.66. The summed E-state index contributed by atoms with van der Waals surface area (Å²) >= 11 is 1.43. The Morgan fingerprint density at radius 1 is 1.15 bits per heavy atom. The van der Waals surface area contributed by atoms with Crippen molar-refractivity contribution in [3.63, 3.8) is 0 Å². The molecule has 0 aliphatic rings. The quantitative estimate of drug-likeness (QED) is 0.538. The zero-order chi connectivity index (χ0) is 13.7. The largest absolute Gasteiger partial charge is 0.321 e. The van der Waals surface area contributed by atoms with Crippen molar-refractivity contribution in [3.05, 3.63) is 52.3 Å². The fourth-order valence-corrected chi connectivity index (χ4v) is 3.09. The third kappa shape index (κ3) is 1.45. The van der Waals surface area contributed by atoms with E-state index in [-0.39, 0.29) is 5.56 Å². The molecule has 0 saturated heterocycles. The van der Waals surface area contributed by atoms with Crippen LogP contribution in [0.5, 0.6) is 0 Å². The number of thiazole rings is 1. The summed E-state index contributed by atoms with van der Waals surface area (Å²) in [5.41, 5.74) is 1.93. The lowest BCUT2D eigenvalue weighted by Crippen LogP contribution is -2.11. The molecular weight excluding hydrogens is 272 g/mol. The maximum atomic E-state index is 12.2. The van der Waals surface area contributed by atoms with Crippen molar-refractivity contribution >= 4 is 27.5 Å². The Morgan fingerprint density at radius 3 is 2.75 bits per heavy atom. The highest BCUT2D eigenvalue weighted by Gasteiger charge is 2.16. The number of aryl methyl sites for hydroxylation is 1. The molecule has 5 nitrogen and oxygen atoms in total. The number of hydrogen-bond acceptors (Lipinski definition) is 4. The van der Waals surface area contributed by atoms with Crippen LogP contribution in [-0.2, 0) is 7.05 Å². The molecule has 0 bridgehead atoms. The minimum atomic E-state index is -0.236. The SMILES string of the molecule is Cn1c(-c2ccccc2)nc2c1c(=O)nc1sccn12. The molecule has 3 heterocycles. The summed E-state index contributed by atoms with van der Waals surface area (Å²) in [7, 11) is 1.85. The van der Waals surface area contributed by atoms with Crippen LogP contribution in [0, 0.1) is 0 Å². The second-order valence-electron chi connectivity index (χ2n) is 4.51. The van der Waals surface area contributed by atoms with E-state index in [1.807, 2.05) is 57.9 Å². The summed E-state index contributed by atoms with van der Waals surface area (Å²) in [5.74, 6) is 0.769. The van der Waals surface area contributed by atoms with E-state index >= 15 is 0 Å². The zero-order valence-corrected chi connectivity index (χ0v) is 11.5. The summed E-state index contributed by atoms with van der Waals surface area (Å²) in [4.78, 5) is 21.6. The van der Waals surface area contributed by atoms with Crippen LogP contribution in [0.3, 0.4) is 0 Å². The van der Waals surface area contributed by atoms with Gasteiger partial charge in [0.15, 0.2) is 16.1 Å². The molecule has 98 valence electrons. The molecule has 0 N–H and O–H groups in total. The van der Waals surface area contributed by atoms with Gasteiger partial charge >= 0.3 is 0 Å². The van der Waals surface area contributed by atoms with Gasteiger partial charge in [0.1, 0.15) is 5.82 Å². The second kappa shape index (κ2) is 4.01. The molecule has 4 aromatic rings. The Hall–Kier alpha value is -2.47. The first kappa shape index (κ1) is 11.4. The highest BCUT2D eigenvalue weighted by atomic mass is 32.1. The minimum absolute atomic E-state index is 0.236. The Balaban J connectivity index is 2.18. The highest BCUT2D eigenvalue weighted by Crippen LogP contribution is 2.22. The van der Waals surface area contributed by atoms with Crippen molar-refractivity contribution in [2.75, 3.05) is 0 Å². The van der Waals surface area contributed by atoms with Crippen LogP contribution in [0.25, 0.3) is 27.5 Å². The third-order valence-electron chi connectivity index (χ3n) is 3.33. The van der Waals surface area contributed by atoms with Gasteiger partial charge in [-0.25, -0.2) is 4.98 Å². The number of aromatic nitrogens is 4. The number of benzene rings is 1. The topological polar surface area (TPSA) is 52.2 Å². The van der Waals surface area contributed by atoms with Crippen LogP contribution in [0.4, 0.5) is 0 Å². The smallest absolute Gasteiger partial charge is 0.300 e. The molecule has 0 amide bonds. The molecule has 0 saturated carbocycles. The minimum Gasteiger partial charge on any atom is -0.321 e. The van der Waals surface area contributed by atoms with E-state index in [1.54, 1.807) is 0 Å². The monoisotopic (exact) mass is 282 g/mol. The summed E-state index contributed by atoms with van der Waals surface area (Å²) in [6.45, 7) is 0. The van der Waals surface area contributed by atoms with E-state index in [0.29, 0.717) is 16.1 Å². The summed E-state index contributed by atoms with van der Waals surface area (Å²) in [6.07, 6.45) is 1.89. The molecule has 1 aromatic carbocycles. The molecule has 0 aliphatic heterocycles. The second-order valence-corrected chi connectivity index (χ2v) is 5.38. The van der Waals surface area contributed by atoms with Crippen LogP contribution in [0.2, 0.25) is 0 Å². The molecule has 0 unspecified atom stereocenters. The first-order valence-electron chi connectivity index (χ1n) is 6.13. The van der Waals surface area contributed by atoms with Gasteiger partial charge in [-0.2, -0.15) is 4.98 Å². The lowest BCUT2D eigenvalue weighted by Gasteiger charge is -2.00. The molecule has 6 heteroatoms. The van der Waals surface area contributed by atoms with Crippen LogP contribution in [0.15, 0.2) is 46.7 Å². The average molecular weight is 282 g/mol. The molecule has 3 aromatic heterocycles. The average Bonchev–Trinajstić information content (AvgIpc) is 3.04. The molecular formula is C14H10N4OS. The van der Waals surface area contributed by atoms with E-state index in [1.165, 1.54) is 11.3 Å². The van der Waals surface area contributed by atoms with E-state index < -0.39 is 0 Å². The van der Waals surface area contributed by atoms with Gasteiger partial charge in [0.2, 0.25) is 0 Å². The molecule has 0 atom stereocenters.